The maximum Gasteiger partial charge on any atom is 0.471 e. The lowest BCUT2D eigenvalue weighted by Crippen LogP contribution is -2.46. The van der Waals surface area contributed by atoms with E-state index in [4.69, 9.17) is 0 Å². The first-order valence-electron chi connectivity index (χ1n) is 5.69. The highest BCUT2D eigenvalue weighted by Gasteiger charge is 2.43. The lowest BCUT2D eigenvalue weighted by molar-refractivity contribution is -0.187. The van der Waals surface area contributed by atoms with Crippen LogP contribution in [-0.4, -0.2) is 43.2 Å². The van der Waals surface area contributed by atoms with Crippen LogP contribution in [0.2, 0.25) is 0 Å². The Kier molecular flexibility index (Phi) is 6.72. The molecule has 0 saturated heterocycles. The number of alkyl halides is 3. The number of carbonyl (C=O) groups is 2. The third kappa shape index (κ3) is 5.37. The molecule has 0 aromatic carbocycles. The van der Waals surface area contributed by atoms with Crippen LogP contribution >= 0.6 is 0 Å². The van der Waals surface area contributed by atoms with Crippen LogP contribution in [0.15, 0.2) is 0 Å². The Hall–Kier alpha value is -1.27. The third-order valence-corrected chi connectivity index (χ3v) is 2.71. The molecule has 0 aliphatic carbocycles. The predicted octanol–water partition coefficient (Wildman–Crippen LogP) is 1.99. The second-order valence-electron chi connectivity index (χ2n) is 3.94. The van der Waals surface area contributed by atoms with Crippen molar-refractivity contribution in [1.82, 2.24) is 4.90 Å². The van der Waals surface area contributed by atoms with Crippen molar-refractivity contribution in [2.75, 3.05) is 20.2 Å². The first kappa shape index (κ1) is 16.7. The minimum atomic E-state index is -4.97. The highest BCUT2D eigenvalue weighted by atomic mass is 19.4. The smallest absolute Gasteiger partial charge is 0.468 e. The Labute approximate surface area is 104 Å². The van der Waals surface area contributed by atoms with Crippen molar-refractivity contribution in [3.63, 3.8) is 0 Å². The molecule has 0 rings (SSSR count). The fraction of sp³-hybridized carbons (Fsp3) is 0.818. The molecule has 0 aliphatic heterocycles. The van der Waals surface area contributed by atoms with Crippen LogP contribution in [-0.2, 0) is 14.3 Å². The number of esters is 1. The molecule has 106 valence electrons. The molecule has 0 N–H and O–H groups in total. The molecule has 0 unspecified atom stereocenters. The number of rotatable bonds is 6. The average molecular weight is 269 g/mol. The molecule has 1 amide bonds. The van der Waals surface area contributed by atoms with Crippen LogP contribution in [0.4, 0.5) is 13.2 Å². The first-order valence-corrected chi connectivity index (χ1v) is 5.69. The van der Waals surface area contributed by atoms with E-state index in [2.05, 4.69) is 4.74 Å². The highest BCUT2D eigenvalue weighted by Crippen LogP contribution is 2.20. The van der Waals surface area contributed by atoms with Crippen LogP contribution in [0, 0.1) is 5.92 Å². The monoisotopic (exact) mass is 269 g/mol. The zero-order valence-corrected chi connectivity index (χ0v) is 10.7. The molecule has 0 fully saturated rings. The minimum Gasteiger partial charge on any atom is -0.468 e. The largest absolute Gasteiger partial charge is 0.471 e. The van der Waals surface area contributed by atoms with Gasteiger partial charge in [0.2, 0.25) is 0 Å². The molecule has 4 nitrogen and oxygen atoms in total. The summed E-state index contributed by atoms with van der Waals surface area (Å²) >= 11 is 0. The van der Waals surface area contributed by atoms with Gasteiger partial charge in [0.05, 0.1) is 7.11 Å². The summed E-state index contributed by atoms with van der Waals surface area (Å²) < 4.78 is 41.4. The van der Waals surface area contributed by atoms with Crippen LogP contribution in [0.5, 0.6) is 0 Å². The van der Waals surface area contributed by atoms with E-state index in [0.717, 1.165) is 7.11 Å². The van der Waals surface area contributed by atoms with E-state index in [1.165, 1.54) is 0 Å². The van der Waals surface area contributed by atoms with Gasteiger partial charge in [-0.2, -0.15) is 13.2 Å². The average Bonchev–Trinajstić information content (AvgIpc) is 2.31. The number of halogens is 3. The van der Waals surface area contributed by atoms with Crippen molar-refractivity contribution >= 4 is 11.9 Å². The van der Waals surface area contributed by atoms with E-state index in [0.29, 0.717) is 17.7 Å². The van der Waals surface area contributed by atoms with Crippen LogP contribution < -0.4 is 0 Å². The van der Waals surface area contributed by atoms with E-state index in [-0.39, 0.29) is 12.5 Å². The number of nitrogens with zero attached hydrogens (tertiary/aromatic N) is 1. The van der Waals surface area contributed by atoms with Crippen molar-refractivity contribution in [3.05, 3.63) is 0 Å². The zero-order chi connectivity index (χ0) is 14.3. The molecule has 0 atom stereocenters. The standard InChI is InChI=1S/C11H18F3NO3/c1-4-8(5-2)6-15(7-9(16)18-3)10(17)11(12,13)14/h8H,4-7H2,1-3H3. The summed E-state index contributed by atoms with van der Waals surface area (Å²) in [4.78, 5) is 22.7. The summed E-state index contributed by atoms with van der Waals surface area (Å²) in [6.45, 7) is 2.87. The number of hydrogen-bond donors (Lipinski definition) is 0. The van der Waals surface area contributed by atoms with Crippen molar-refractivity contribution in [1.29, 1.82) is 0 Å². The molecule has 0 aromatic heterocycles. The van der Waals surface area contributed by atoms with E-state index >= 15 is 0 Å². The molecule has 0 saturated carbocycles. The predicted molar refractivity (Wildman–Crippen MR) is 58.7 cm³/mol. The van der Waals surface area contributed by atoms with Crippen molar-refractivity contribution < 1.29 is 27.5 Å². The van der Waals surface area contributed by atoms with Crippen LogP contribution in [0.3, 0.4) is 0 Å². The maximum atomic E-state index is 12.4. The Morgan fingerprint density at radius 3 is 2.06 bits per heavy atom. The number of hydrogen-bond acceptors (Lipinski definition) is 3. The van der Waals surface area contributed by atoms with Gasteiger partial charge in [-0.25, -0.2) is 0 Å². The van der Waals surface area contributed by atoms with Gasteiger partial charge in [-0.1, -0.05) is 26.7 Å². The van der Waals surface area contributed by atoms with Gasteiger partial charge < -0.3 is 9.64 Å². The first-order chi connectivity index (χ1) is 8.26. The molecule has 18 heavy (non-hydrogen) atoms. The number of methoxy groups -OCH3 is 1. The van der Waals surface area contributed by atoms with Gasteiger partial charge >= 0.3 is 18.1 Å². The summed E-state index contributed by atoms with van der Waals surface area (Å²) in [7, 11) is 1.07. The molecular formula is C11H18F3NO3. The molecule has 0 aromatic rings. The van der Waals surface area contributed by atoms with E-state index < -0.39 is 24.6 Å². The molecule has 0 aliphatic rings. The lowest BCUT2D eigenvalue weighted by Gasteiger charge is -2.26. The second kappa shape index (κ2) is 7.23. The second-order valence-corrected chi connectivity index (χ2v) is 3.94. The number of ether oxygens (including phenoxy) is 1. The fourth-order valence-electron chi connectivity index (χ4n) is 1.48. The van der Waals surface area contributed by atoms with Crippen molar-refractivity contribution in [2.45, 2.75) is 32.9 Å². The Morgan fingerprint density at radius 1 is 1.22 bits per heavy atom. The maximum absolute atomic E-state index is 12.4. The Bertz CT molecular complexity index is 288. The molecule has 0 bridgehead atoms. The lowest BCUT2D eigenvalue weighted by atomic mass is 10.0. The van der Waals surface area contributed by atoms with Gasteiger partial charge in [-0.05, 0) is 5.92 Å². The third-order valence-electron chi connectivity index (χ3n) is 2.71. The quantitative estimate of drug-likeness (QED) is 0.693. The summed E-state index contributed by atoms with van der Waals surface area (Å²) in [6, 6.07) is 0. The SMILES string of the molecule is CCC(CC)CN(CC(=O)OC)C(=O)C(F)(F)F. The van der Waals surface area contributed by atoms with Gasteiger partial charge in [0, 0.05) is 6.54 Å². The van der Waals surface area contributed by atoms with Crippen molar-refractivity contribution in [2.24, 2.45) is 5.92 Å². The highest BCUT2D eigenvalue weighted by molar-refractivity contribution is 5.85. The number of carbonyl (C=O) groups excluding carboxylic acids is 2. The normalized spacial score (nSPS) is 11.5. The van der Waals surface area contributed by atoms with E-state index in [1.54, 1.807) is 0 Å². The summed E-state index contributed by atoms with van der Waals surface area (Å²) in [6.07, 6.45) is -3.70. The topological polar surface area (TPSA) is 46.6 Å². The molecule has 7 heteroatoms. The molecular weight excluding hydrogens is 251 g/mol. The van der Waals surface area contributed by atoms with Crippen molar-refractivity contribution in [3.8, 4) is 0 Å². The van der Waals surface area contributed by atoms with Gasteiger partial charge in [-0.3, -0.25) is 9.59 Å². The van der Waals surface area contributed by atoms with Crippen LogP contribution in [0.1, 0.15) is 26.7 Å². The number of amides is 1. The van der Waals surface area contributed by atoms with Crippen LogP contribution in [0.25, 0.3) is 0 Å². The molecule has 0 heterocycles. The molecule has 0 radical (unpaired) electrons. The molecule has 0 spiro atoms. The Morgan fingerprint density at radius 2 is 1.72 bits per heavy atom. The van der Waals surface area contributed by atoms with Gasteiger partial charge in [0.1, 0.15) is 6.54 Å². The van der Waals surface area contributed by atoms with Gasteiger partial charge in [-0.15, -0.1) is 0 Å². The van der Waals surface area contributed by atoms with Gasteiger partial charge in [0.15, 0.2) is 0 Å². The van der Waals surface area contributed by atoms with Gasteiger partial charge in [0.25, 0.3) is 0 Å². The Balaban J connectivity index is 4.82. The summed E-state index contributed by atoms with van der Waals surface area (Å²) in [5.41, 5.74) is 0. The van der Waals surface area contributed by atoms with E-state index in [9.17, 15) is 22.8 Å². The van der Waals surface area contributed by atoms with E-state index in [1.807, 2.05) is 13.8 Å². The fourth-order valence-corrected chi connectivity index (χ4v) is 1.48. The summed E-state index contributed by atoms with van der Waals surface area (Å²) in [5, 5.41) is 0. The minimum absolute atomic E-state index is 0.0686. The zero-order valence-electron chi connectivity index (χ0n) is 10.7. The summed E-state index contributed by atoms with van der Waals surface area (Å²) in [5.74, 6) is -2.93.